The van der Waals surface area contributed by atoms with Crippen molar-refractivity contribution in [3.05, 3.63) is 12.2 Å². The average Bonchev–Trinajstić information content (AvgIpc) is 2.02. The van der Waals surface area contributed by atoms with Gasteiger partial charge in [-0.25, -0.2) is 9.59 Å². The maximum absolute atomic E-state index is 10.6. The lowest BCUT2D eigenvalue weighted by atomic mass is 10.8. The second kappa shape index (κ2) is 6.39. The number of hydrogen-bond acceptors (Lipinski definition) is 4. The molecule has 0 aromatic carbocycles. The first-order chi connectivity index (χ1) is 5.70. The lowest BCUT2D eigenvalue weighted by Crippen LogP contribution is -2.03. The van der Waals surface area contributed by atoms with E-state index in [1.807, 2.05) is 0 Å². The lowest BCUT2D eigenvalue weighted by Gasteiger charge is -1.95. The molecular formula is C8H12O4. The Kier molecular flexibility index (Phi) is 5.69. The van der Waals surface area contributed by atoms with Crippen LogP contribution in [0.5, 0.6) is 0 Å². The van der Waals surface area contributed by atoms with Crippen LogP contribution in [0.4, 0.5) is 0 Å². The maximum atomic E-state index is 10.6. The first-order valence-corrected chi connectivity index (χ1v) is 3.72. The van der Waals surface area contributed by atoms with Crippen LogP contribution in [-0.2, 0) is 19.1 Å². The predicted octanol–water partition coefficient (Wildman–Crippen LogP) is 0.669. The zero-order valence-electron chi connectivity index (χ0n) is 7.20. The number of carbonyl (C=O) groups excluding carboxylic acids is 2. The van der Waals surface area contributed by atoms with Gasteiger partial charge in [0.25, 0.3) is 0 Å². The van der Waals surface area contributed by atoms with Crippen molar-refractivity contribution < 1.29 is 19.1 Å². The highest BCUT2D eigenvalue weighted by Gasteiger charge is 1.97. The van der Waals surface area contributed by atoms with Crippen molar-refractivity contribution in [3.63, 3.8) is 0 Å². The highest BCUT2D eigenvalue weighted by molar-refractivity contribution is 5.91. The van der Waals surface area contributed by atoms with E-state index in [1.165, 1.54) is 0 Å². The highest BCUT2D eigenvalue weighted by Crippen LogP contribution is 1.84. The van der Waals surface area contributed by atoms with E-state index in [-0.39, 0.29) is 0 Å². The van der Waals surface area contributed by atoms with Gasteiger partial charge >= 0.3 is 11.9 Å². The third-order valence-electron chi connectivity index (χ3n) is 0.929. The van der Waals surface area contributed by atoms with Gasteiger partial charge in [0, 0.05) is 12.2 Å². The molecule has 0 bridgehead atoms. The minimum Gasteiger partial charge on any atom is -0.463 e. The molecule has 0 rings (SSSR count). The Morgan fingerprint density at radius 3 is 1.58 bits per heavy atom. The Bertz CT molecular complexity index is 163. The summed E-state index contributed by atoms with van der Waals surface area (Å²) in [5.41, 5.74) is 0. The Morgan fingerprint density at radius 1 is 1.00 bits per heavy atom. The van der Waals surface area contributed by atoms with Crippen molar-refractivity contribution in [2.24, 2.45) is 0 Å². The van der Waals surface area contributed by atoms with Crippen LogP contribution in [0.15, 0.2) is 12.2 Å². The summed E-state index contributed by atoms with van der Waals surface area (Å²) in [5, 5.41) is 0. The normalized spacial score (nSPS) is 9.83. The summed E-state index contributed by atoms with van der Waals surface area (Å²) < 4.78 is 9.07. The number of carbonyl (C=O) groups is 2. The van der Waals surface area contributed by atoms with Crippen molar-refractivity contribution in [1.82, 2.24) is 0 Å². The first-order valence-electron chi connectivity index (χ1n) is 3.72. The number of ether oxygens (including phenoxy) is 2. The van der Waals surface area contributed by atoms with Crippen LogP contribution in [0, 0.1) is 0 Å². The molecule has 12 heavy (non-hydrogen) atoms. The molecule has 0 fully saturated rings. The van der Waals surface area contributed by atoms with E-state index in [9.17, 15) is 9.59 Å². The smallest absolute Gasteiger partial charge is 0.330 e. The molecule has 0 amide bonds. The molecule has 0 aliphatic heterocycles. The number of esters is 2. The van der Waals surface area contributed by atoms with Crippen LogP contribution in [0.1, 0.15) is 13.8 Å². The molecule has 0 aliphatic carbocycles. The van der Waals surface area contributed by atoms with Crippen molar-refractivity contribution >= 4 is 11.9 Å². The third-order valence-corrected chi connectivity index (χ3v) is 0.929. The molecule has 0 radical (unpaired) electrons. The standard InChI is InChI=1S/C8H12O4/c1-3-11-7(9)5-6-8(10)12-4-2/h5-6H,3-4H2,1-2H3/b6-5-/i7+1,8+1. The summed E-state index contributed by atoms with van der Waals surface area (Å²) in [6.45, 7) is 3.98. The molecule has 0 saturated heterocycles. The summed E-state index contributed by atoms with van der Waals surface area (Å²) in [5.74, 6) is -1.07. The average molecular weight is 174 g/mol. The van der Waals surface area contributed by atoms with Gasteiger partial charge in [-0.3, -0.25) is 0 Å². The Morgan fingerprint density at radius 2 is 1.33 bits per heavy atom. The van der Waals surface area contributed by atoms with Gasteiger partial charge in [-0.1, -0.05) is 0 Å². The molecule has 0 aliphatic rings. The van der Waals surface area contributed by atoms with Gasteiger partial charge in [0.05, 0.1) is 13.2 Å². The van der Waals surface area contributed by atoms with E-state index < -0.39 is 11.9 Å². The minimum absolute atomic E-state index is 0.298. The lowest BCUT2D eigenvalue weighted by molar-refractivity contribution is -0.140. The monoisotopic (exact) mass is 174 g/mol. The SMILES string of the molecule is CCO[13C](=O)/C=C\[13C](=O)OCC. The van der Waals surface area contributed by atoms with Crippen LogP contribution in [0.2, 0.25) is 0 Å². The van der Waals surface area contributed by atoms with E-state index in [0.29, 0.717) is 13.2 Å². The second-order valence-electron chi connectivity index (χ2n) is 1.84. The molecule has 68 valence electrons. The van der Waals surface area contributed by atoms with E-state index in [2.05, 4.69) is 9.47 Å². The second-order valence-corrected chi connectivity index (χ2v) is 1.84. The van der Waals surface area contributed by atoms with Crippen molar-refractivity contribution in [3.8, 4) is 0 Å². The van der Waals surface area contributed by atoms with Crippen molar-refractivity contribution in [1.29, 1.82) is 0 Å². The van der Waals surface area contributed by atoms with Crippen molar-refractivity contribution in [2.45, 2.75) is 13.8 Å². The fourth-order valence-corrected chi connectivity index (χ4v) is 0.517. The van der Waals surface area contributed by atoms with E-state index in [1.54, 1.807) is 13.8 Å². The molecule has 0 unspecified atom stereocenters. The van der Waals surface area contributed by atoms with Gasteiger partial charge in [-0.05, 0) is 13.8 Å². The van der Waals surface area contributed by atoms with E-state index in [4.69, 9.17) is 0 Å². The molecule has 4 heteroatoms. The summed E-state index contributed by atoms with van der Waals surface area (Å²) in [6.07, 6.45) is 2.09. The summed E-state index contributed by atoms with van der Waals surface area (Å²) in [4.78, 5) is 21.3. The fourth-order valence-electron chi connectivity index (χ4n) is 0.517. The zero-order chi connectivity index (χ0) is 9.40. The maximum Gasteiger partial charge on any atom is 0.330 e. The summed E-state index contributed by atoms with van der Waals surface area (Å²) in [6, 6.07) is 0. The fraction of sp³-hybridized carbons (Fsp3) is 0.500. The van der Waals surface area contributed by atoms with E-state index >= 15 is 0 Å². The molecular weight excluding hydrogens is 162 g/mol. The van der Waals surface area contributed by atoms with Crippen LogP contribution in [-0.4, -0.2) is 25.2 Å². The third kappa shape index (κ3) is 5.46. The van der Waals surface area contributed by atoms with Gasteiger partial charge < -0.3 is 9.47 Å². The summed E-state index contributed by atoms with van der Waals surface area (Å²) >= 11 is 0. The molecule has 0 atom stereocenters. The Hall–Kier alpha value is -1.32. The molecule has 0 saturated carbocycles. The molecule has 0 N–H and O–H groups in total. The van der Waals surface area contributed by atoms with Crippen LogP contribution < -0.4 is 0 Å². The summed E-state index contributed by atoms with van der Waals surface area (Å²) in [7, 11) is 0. The molecule has 0 heterocycles. The predicted molar refractivity (Wildman–Crippen MR) is 42.4 cm³/mol. The molecule has 0 spiro atoms. The van der Waals surface area contributed by atoms with Gasteiger partial charge in [-0.2, -0.15) is 0 Å². The topological polar surface area (TPSA) is 52.6 Å². The van der Waals surface area contributed by atoms with E-state index in [0.717, 1.165) is 12.2 Å². The van der Waals surface area contributed by atoms with Crippen LogP contribution >= 0.6 is 0 Å². The van der Waals surface area contributed by atoms with Gasteiger partial charge in [-0.15, -0.1) is 0 Å². The Labute approximate surface area is 71.2 Å². The quantitative estimate of drug-likeness (QED) is 0.357. The van der Waals surface area contributed by atoms with Gasteiger partial charge in [0.2, 0.25) is 0 Å². The highest BCUT2D eigenvalue weighted by atomic mass is 16.6. The molecule has 0 aromatic heterocycles. The number of hydrogen-bond donors (Lipinski definition) is 0. The molecule has 0 aromatic rings. The number of rotatable bonds is 4. The van der Waals surface area contributed by atoms with Crippen LogP contribution in [0.25, 0.3) is 0 Å². The Balaban J connectivity index is 3.73. The minimum atomic E-state index is -0.537. The first kappa shape index (κ1) is 10.7. The van der Waals surface area contributed by atoms with Gasteiger partial charge in [0.15, 0.2) is 0 Å². The molecule has 4 nitrogen and oxygen atoms in total. The largest absolute Gasteiger partial charge is 0.463 e. The van der Waals surface area contributed by atoms with Crippen LogP contribution in [0.3, 0.4) is 0 Å². The zero-order valence-corrected chi connectivity index (χ0v) is 7.20. The van der Waals surface area contributed by atoms with Crippen molar-refractivity contribution in [2.75, 3.05) is 13.2 Å². The van der Waals surface area contributed by atoms with Gasteiger partial charge in [0.1, 0.15) is 0 Å².